The molecule has 0 aromatic rings. The van der Waals surface area contributed by atoms with Gasteiger partial charge in [-0.25, -0.2) is 0 Å². The summed E-state index contributed by atoms with van der Waals surface area (Å²) >= 11 is 0. The molecule has 0 radical (unpaired) electrons. The van der Waals surface area contributed by atoms with Crippen LogP contribution in [0.1, 0.15) is 20.3 Å². The molecule has 4 heteroatoms. The zero-order chi connectivity index (χ0) is 14.4. The zero-order valence-electron chi connectivity index (χ0n) is 11.6. The van der Waals surface area contributed by atoms with Crippen molar-refractivity contribution in [3.05, 3.63) is 25.3 Å². The molecule has 0 aromatic heterocycles. The lowest BCUT2D eigenvalue weighted by atomic mass is 9.87. The van der Waals surface area contributed by atoms with Crippen LogP contribution in [0.25, 0.3) is 0 Å². The smallest absolute Gasteiger partial charge is 0.310 e. The van der Waals surface area contributed by atoms with Crippen LogP contribution in [0.5, 0.6) is 0 Å². The molecule has 1 rings (SSSR count). The summed E-state index contributed by atoms with van der Waals surface area (Å²) in [5.74, 6) is -1.88. The molecular formula is C15H22O4. The highest BCUT2D eigenvalue weighted by Crippen LogP contribution is 2.44. The van der Waals surface area contributed by atoms with Gasteiger partial charge in [0.05, 0.1) is 25.0 Å². The van der Waals surface area contributed by atoms with E-state index in [4.69, 9.17) is 9.47 Å². The van der Waals surface area contributed by atoms with Crippen molar-refractivity contribution in [2.24, 2.45) is 23.7 Å². The minimum Gasteiger partial charge on any atom is -0.466 e. The molecule has 0 amide bonds. The van der Waals surface area contributed by atoms with Crippen LogP contribution in [-0.4, -0.2) is 25.2 Å². The predicted octanol–water partition coefficient (Wildman–Crippen LogP) is 2.35. The van der Waals surface area contributed by atoms with E-state index in [1.807, 2.05) is 0 Å². The van der Waals surface area contributed by atoms with Crippen LogP contribution < -0.4 is 0 Å². The maximum absolute atomic E-state index is 12.1. The Balaban J connectivity index is 3.02. The van der Waals surface area contributed by atoms with E-state index < -0.39 is 11.8 Å². The van der Waals surface area contributed by atoms with E-state index in [-0.39, 0.29) is 23.8 Å². The van der Waals surface area contributed by atoms with E-state index in [2.05, 4.69) is 13.2 Å². The van der Waals surface area contributed by atoms with Gasteiger partial charge >= 0.3 is 11.9 Å². The Labute approximate surface area is 114 Å². The minimum absolute atomic E-state index is 0.0727. The first kappa shape index (κ1) is 15.5. The Hall–Kier alpha value is -1.58. The second-order valence-corrected chi connectivity index (χ2v) is 4.59. The average molecular weight is 266 g/mol. The molecule has 0 N–H and O–H groups in total. The fraction of sp³-hybridized carbons (Fsp3) is 0.600. The molecule has 1 saturated carbocycles. The van der Waals surface area contributed by atoms with Crippen molar-refractivity contribution in [1.29, 1.82) is 0 Å². The van der Waals surface area contributed by atoms with Crippen molar-refractivity contribution in [2.45, 2.75) is 20.3 Å². The van der Waals surface area contributed by atoms with Crippen LogP contribution in [0.4, 0.5) is 0 Å². The Morgan fingerprint density at radius 2 is 1.37 bits per heavy atom. The van der Waals surface area contributed by atoms with Crippen molar-refractivity contribution >= 4 is 11.9 Å². The predicted molar refractivity (Wildman–Crippen MR) is 72.2 cm³/mol. The molecule has 0 aromatic carbocycles. The second-order valence-electron chi connectivity index (χ2n) is 4.59. The Bertz CT molecular complexity index is 327. The number of rotatable bonds is 6. The van der Waals surface area contributed by atoms with Gasteiger partial charge in [0.15, 0.2) is 0 Å². The third-order valence-electron chi connectivity index (χ3n) is 3.58. The maximum Gasteiger partial charge on any atom is 0.310 e. The van der Waals surface area contributed by atoms with Crippen LogP contribution in [0, 0.1) is 23.7 Å². The molecule has 4 atom stereocenters. The summed E-state index contributed by atoms with van der Waals surface area (Å²) in [4.78, 5) is 24.2. The van der Waals surface area contributed by atoms with E-state index in [9.17, 15) is 9.59 Å². The van der Waals surface area contributed by atoms with Gasteiger partial charge in [0, 0.05) is 0 Å². The molecule has 0 spiro atoms. The molecule has 4 unspecified atom stereocenters. The van der Waals surface area contributed by atoms with Crippen LogP contribution in [-0.2, 0) is 19.1 Å². The van der Waals surface area contributed by atoms with E-state index in [0.717, 1.165) is 0 Å². The molecule has 0 aliphatic heterocycles. The van der Waals surface area contributed by atoms with Crippen LogP contribution >= 0.6 is 0 Å². The number of ether oxygens (including phenoxy) is 2. The highest BCUT2D eigenvalue weighted by Gasteiger charge is 2.49. The maximum atomic E-state index is 12.1. The molecule has 1 aliphatic carbocycles. The summed E-state index contributed by atoms with van der Waals surface area (Å²) in [5.41, 5.74) is 0. The largest absolute Gasteiger partial charge is 0.466 e. The van der Waals surface area contributed by atoms with Gasteiger partial charge in [-0.2, -0.15) is 0 Å². The fourth-order valence-electron chi connectivity index (χ4n) is 2.75. The second kappa shape index (κ2) is 7.12. The van der Waals surface area contributed by atoms with Crippen molar-refractivity contribution in [2.75, 3.05) is 13.2 Å². The Kier molecular flexibility index (Phi) is 5.80. The fourth-order valence-corrected chi connectivity index (χ4v) is 2.75. The minimum atomic E-state index is -0.514. The average Bonchev–Trinajstić information content (AvgIpc) is 2.77. The molecule has 4 nitrogen and oxygen atoms in total. The quantitative estimate of drug-likeness (QED) is 0.547. The summed E-state index contributed by atoms with van der Waals surface area (Å²) in [5, 5.41) is 0. The topological polar surface area (TPSA) is 52.6 Å². The summed E-state index contributed by atoms with van der Waals surface area (Å²) in [6.07, 6.45) is 4.12. The number of allylic oxidation sites excluding steroid dienone is 2. The molecule has 0 heterocycles. The SMILES string of the molecule is C=CC1CC(C=C)C(C(=O)OCC)C1C(=O)OCC. The number of carbonyl (C=O) groups excluding carboxylic acids is 2. The standard InChI is InChI=1S/C15H22O4/c1-5-10-9-11(6-2)13(15(17)19-8-4)12(10)14(16)18-7-3/h5-6,10-13H,1-2,7-9H2,3-4H3. The molecule has 0 bridgehead atoms. The molecule has 19 heavy (non-hydrogen) atoms. The first-order valence-corrected chi connectivity index (χ1v) is 6.69. The third-order valence-corrected chi connectivity index (χ3v) is 3.58. The molecule has 1 aliphatic rings. The Morgan fingerprint density at radius 1 is 1.00 bits per heavy atom. The lowest BCUT2D eigenvalue weighted by Crippen LogP contribution is -2.33. The number of carbonyl (C=O) groups is 2. The van der Waals surface area contributed by atoms with E-state index in [1.54, 1.807) is 26.0 Å². The molecule has 106 valence electrons. The molecule has 0 saturated heterocycles. The lowest BCUT2D eigenvalue weighted by molar-refractivity contribution is -0.160. The van der Waals surface area contributed by atoms with Gasteiger partial charge in [-0.15, -0.1) is 13.2 Å². The molecular weight excluding hydrogens is 244 g/mol. The van der Waals surface area contributed by atoms with Crippen LogP contribution in [0.15, 0.2) is 25.3 Å². The van der Waals surface area contributed by atoms with Crippen molar-refractivity contribution in [3.8, 4) is 0 Å². The highest BCUT2D eigenvalue weighted by atomic mass is 16.5. The summed E-state index contributed by atoms with van der Waals surface area (Å²) < 4.78 is 10.2. The first-order valence-electron chi connectivity index (χ1n) is 6.69. The van der Waals surface area contributed by atoms with Gasteiger partial charge in [-0.05, 0) is 32.1 Å². The van der Waals surface area contributed by atoms with Crippen LogP contribution in [0.3, 0.4) is 0 Å². The van der Waals surface area contributed by atoms with Gasteiger partial charge in [0.2, 0.25) is 0 Å². The first-order chi connectivity index (χ1) is 9.10. The van der Waals surface area contributed by atoms with Gasteiger partial charge in [-0.1, -0.05) is 12.2 Å². The number of esters is 2. The summed E-state index contributed by atoms with van der Waals surface area (Å²) in [7, 11) is 0. The highest BCUT2D eigenvalue weighted by molar-refractivity contribution is 5.84. The van der Waals surface area contributed by atoms with Gasteiger partial charge in [-0.3, -0.25) is 9.59 Å². The number of hydrogen-bond donors (Lipinski definition) is 0. The summed E-state index contributed by atoms with van der Waals surface area (Å²) in [6.45, 7) is 11.6. The van der Waals surface area contributed by atoms with E-state index in [0.29, 0.717) is 19.6 Å². The summed E-state index contributed by atoms with van der Waals surface area (Å²) in [6, 6.07) is 0. The van der Waals surface area contributed by atoms with E-state index in [1.165, 1.54) is 0 Å². The van der Waals surface area contributed by atoms with Gasteiger partial charge in [0.1, 0.15) is 0 Å². The zero-order valence-corrected chi connectivity index (χ0v) is 11.6. The van der Waals surface area contributed by atoms with Crippen molar-refractivity contribution in [1.82, 2.24) is 0 Å². The normalized spacial score (nSPS) is 29.6. The monoisotopic (exact) mass is 266 g/mol. The van der Waals surface area contributed by atoms with E-state index >= 15 is 0 Å². The van der Waals surface area contributed by atoms with Gasteiger partial charge in [0.25, 0.3) is 0 Å². The van der Waals surface area contributed by atoms with Gasteiger partial charge < -0.3 is 9.47 Å². The van der Waals surface area contributed by atoms with Crippen LogP contribution in [0.2, 0.25) is 0 Å². The van der Waals surface area contributed by atoms with Crippen molar-refractivity contribution in [3.63, 3.8) is 0 Å². The number of hydrogen-bond acceptors (Lipinski definition) is 4. The lowest BCUT2D eigenvalue weighted by Gasteiger charge is -2.21. The molecule has 1 fully saturated rings. The Morgan fingerprint density at radius 3 is 1.63 bits per heavy atom. The third kappa shape index (κ3) is 3.25. The van der Waals surface area contributed by atoms with Crippen molar-refractivity contribution < 1.29 is 19.1 Å².